The second-order valence-corrected chi connectivity index (χ2v) is 11.7. The van der Waals surface area contributed by atoms with Gasteiger partial charge in [0.15, 0.2) is 11.0 Å². The molecule has 0 spiro atoms. The van der Waals surface area contributed by atoms with Crippen LogP contribution in [0.15, 0.2) is 46.0 Å². The lowest BCUT2D eigenvalue weighted by molar-refractivity contribution is -0.113. The fraction of sp³-hybridized carbons (Fsp3) is 0.483. The smallest absolute Gasteiger partial charge is 0.234 e. The van der Waals surface area contributed by atoms with Crippen LogP contribution in [0.1, 0.15) is 81.8 Å². The summed E-state index contributed by atoms with van der Waals surface area (Å²) >= 11 is 5.07. The van der Waals surface area contributed by atoms with Crippen LogP contribution in [0.2, 0.25) is 0 Å². The van der Waals surface area contributed by atoms with Crippen LogP contribution in [0, 0.1) is 6.92 Å². The molecule has 38 heavy (non-hydrogen) atoms. The fourth-order valence-corrected chi connectivity index (χ4v) is 5.91. The summed E-state index contributed by atoms with van der Waals surface area (Å²) < 4.78 is 15.1. The number of ether oxygens (including phenoxy) is 2. The van der Waals surface area contributed by atoms with E-state index in [0.717, 1.165) is 56.6 Å². The summed E-state index contributed by atoms with van der Waals surface area (Å²) in [5, 5.41) is 12.7. The Balaban J connectivity index is 1.47. The Kier molecular flexibility index (Phi) is 10.1. The van der Waals surface area contributed by atoms with E-state index in [9.17, 15) is 4.79 Å². The van der Waals surface area contributed by atoms with Gasteiger partial charge >= 0.3 is 0 Å². The lowest BCUT2D eigenvalue weighted by atomic mass is 9.95. The molecule has 1 aliphatic carbocycles. The van der Waals surface area contributed by atoms with Crippen molar-refractivity contribution in [1.29, 1.82) is 0 Å². The number of benzene rings is 2. The molecular weight excluding hydrogens is 564 g/mol. The van der Waals surface area contributed by atoms with Crippen molar-refractivity contribution in [3.63, 3.8) is 0 Å². The number of carbonyl (C=O) groups excluding carboxylic acids is 1. The maximum absolute atomic E-state index is 12.7. The monoisotopic (exact) mass is 600 g/mol. The number of anilines is 1. The number of rotatable bonds is 11. The Bertz CT molecular complexity index is 1220. The fourth-order valence-electron chi connectivity index (χ4n) is 4.73. The minimum absolute atomic E-state index is 0.0814. The van der Waals surface area contributed by atoms with Gasteiger partial charge in [-0.1, -0.05) is 60.8 Å². The summed E-state index contributed by atoms with van der Waals surface area (Å²) in [5.74, 6) is 2.97. The number of carbonyl (C=O) groups is 1. The molecule has 1 N–H and O–H groups in total. The standard InChI is InChI=1S/C29H37BrN4O3S/c1-5-36-23-13-11-21(12-14-23)31-28(35)18-38-29-33-32-27(34(29)22-9-7-6-8-10-22)17-37-26-15-20(4)25(30)16-24(26)19(2)3/h11-16,19,22H,5-10,17-18H2,1-4H3,(H,31,35). The molecular formula is C29H37BrN4O3S. The van der Waals surface area contributed by atoms with Crippen LogP contribution in [0.4, 0.5) is 5.69 Å². The Morgan fingerprint density at radius 1 is 1.13 bits per heavy atom. The third kappa shape index (κ3) is 7.32. The zero-order valence-electron chi connectivity index (χ0n) is 22.6. The Morgan fingerprint density at radius 3 is 2.55 bits per heavy atom. The van der Waals surface area contributed by atoms with E-state index in [2.05, 4.69) is 68.9 Å². The summed E-state index contributed by atoms with van der Waals surface area (Å²) in [5.41, 5.74) is 3.03. The molecule has 0 saturated heterocycles. The molecule has 7 nitrogen and oxygen atoms in total. The largest absolute Gasteiger partial charge is 0.494 e. The number of hydrogen-bond acceptors (Lipinski definition) is 6. The second-order valence-electron chi connectivity index (χ2n) is 9.94. The molecule has 0 unspecified atom stereocenters. The molecule has 3 aromatic rings. The van der Waals surface area contributed by atoms with Gasteiger partial charge in [0, 0.05) is 16.2 Å². The van der Waals surface area contributed by atoms with Gasteiger partial charge in [-0.3, -0.25) is 9.36 Å². The van der Waals surface area contributed by atoms with Crippen molar-refractivity contribution < 1.29 is 14.3 Å². The highest BCUT2D eigenvalue weighted by Gasteiger charge is 2.24. The number of nitrogens with one attached hydrogen (secondary N) is 1. The van der Waals surface area contributed by atoms with Gasteiger partial charge in [0.1, 0.15) is 18.1 Å². The maximum Gasteiger partial charge on any atom is 0.234 e. The topological polar surface area (TPSA) is 78.3 Å². The number of halogens is 1. The van der Waals surface area contributed by atoms with Gasteiger partial charge in [-0.2, -0.15) is 0 Å². The zero-order chi connectivity index (χ0) is 27.1. The highest BCUT2D eigenvalue weighted by molar-refractivity contribution is 9.10. The quantitative estimate of drug-likeness (QED) is 0.227. The minimum atomic E-state index is -0.0814. The number of nitrogens with zero attached hydrogens (tertiary/aromatic N) is 3. The normalized spacial score (nSPS) is 14.1. The van der Waals surface area contributed by atoms with E-state index in [1.807, 2.05) is 31.2 Å². The van der Waals surface area contributed by atoms with Crippen molar-refractivity contribution >= 4 is 39.3 Å². The number of hydrogen-bond donors (Lipinski definition) is 1. The first kappa shape index (κ1) is 28.5. The van der Waals surface area contributed by atoms with Crippen molar-refractivity contribution in [1.82, 2.24) is 14.8 Å². The van der Waals surface area contributed by atoms with Crippen molar-refractivity contribution in [2.75, 3.05) is 17.7 Å². The molecule has 2 aromatic carbocycles. The lowest BCUT2D eigenvalue weighted by Gasteiger charge is -2.25. The summed E-state index contributed by atoms with van der Waals surface area (Å²) in [6.45, 7) is 9.30. The van der Waals surface area contributed by atoms with Gasteiger partial charge in [-0.15, -0.1) is 10.2 Å². The third-order valence-corrected chi connectivity index (χ3v) is 8.52. The third-order valence-electron chi connectivity index (χ3n) is 6.73. The van der Waals surface area contributed by atoms with Gasteiger partial charge in [0.25, 0.3) is 0 Å². The van der Waals surface area contributed by atoms with E-state index in [-0.39, 0.29) is 11.7 Å². The molecule has 1 aromatic heterocycles. The Morgan fingerprint density at radius 2 is 1.87 bits per heavy atom. The summed E-state index contributed by atoms with van der Waals surface area (Å²) in [7, 11) is 0. The van der Waals surface area contributed by atoms with Crippen molar-refractivity contribution in [2.24, 2.45) is 0 Å². The van der Waals surface area contributed by atoms with Crippen LogP contribution >= 0.6 is 27.7 Å². The summed E-state index contributed by atoms with van der Waals surface area (Å²) in [6.07, 6.45) is 5.81. The highest BCUT2D eigenvalue weighted by Crippen LogP contribution is 2.35. The van der Waals surface area contributed by atoms with Gasteiger partial charge < -0.3 is 14.8 Å². The number of aryl methyl sites for hydroxylation is 1. The van der Waals surface area contributed by atoms with Crippen molar-refractivity contribution in [3.8, 4) is 11.5 Å². The van der Waals surface area contributed by atoms with E-state index in [1.165, 1.54) is 31.0 Å². The first-order valence-electron chi connectivity index (χ1n) is 13.4. The van der Waals surface area contributed by atoms with Gasteiger partial charge in [0.2, 0.25) is 5.91 Å². The molecule has 1 heterocycles. The summed E-state index contributed by atoms with van der Waals surface area (Å²) in [4.78, 5) is 12.7. The van der Waals surface area contributed by atoms with E-state index in [1.54, 1.807) is 0 Å². The van der Waals surface area contributed by atoms with Crippen LogP contribution in [-0.2, 0) is 11.4 Å². The average Bonchev–Trinajstić information content (AvgIpc) is 3.32. The van der Waals surface area contributed by atoms with Crippen molar-refractivity contribution in [3.05, 3.63) is 57.8 Å². The van der Waals surface area contributed by atoms with Crippen LogP contribution in [0.25, 0.3) is 0 Å². The van der Waals surface area contributed by atoms with E-state index < -0.39 is 0 Å². The molecule has 9 heteroatoms. The molecule has 1 aliphatic rings. The number of thioether (sulfide) groups is 1. The van der Waals surface area contributed by atoms with Gasteiger partial charge in [-0.25, -0.2) is 0 Å². The van der Waals surface area contributed by atoms with Crippen LogP contribution in [0.3, 0.4) is 0 Å². The highest BCUT2D eigenvalue weighted by atomic mass is 79.9. The summed E-state index contributed by atoms with van der Waals surface area (Å²) in [6, 6.07) is 12.0. The lowest BCUT2D eigenvalue weighted by Crippen LogP contribution is -2.19. The molecule has 0 radical (unpaired) electrons. The molecule has 0 aliphatic heterocycles. The van der Waals surface area contributed by atoms with Crippen LogP contribution < -0.4 is 14.8 Å². The molecule has 1 fully saturated rings. The SMILES string of the molecule is CCOc1ccc(NC(=O)CSc2nnc(COc3cc(C)c(Br)cc3C(C)C)n2C2CCCCC2)cc1. The molecule has 1 saturated carbocycles. The zero-order valence-corrected chi connectivity index (χ0v) is 25.0. The van der Waals surface area contributed by atoms with Crippen LogP contribution in [-0.4, -0.2) is 33.0 Å². The average molecular weight is 602 g/mol. The maximum atomic E-state index is 12.7. The van der Waals surface area contributed by atoms with Crippen molar-refractivity contribution in [2.45, 2.75) is 83.5 Å². The molecule has 0 bridgehead atoms. The van der Waals surface area contributed by atoms with Gasteiger partial charge in [0.05, 0.1) is 12.4 Å². The minimum Gasteiger partial charge on any atom is -0.494 e. The molecule has 1 amide bonds. The molecule has 4 rings (SSSR count). The first-order chi connectivity index (χ1) is 18.4. The van der Waals surface area contributed by atoms with E-state index in [0.29, 0.717) is 25.2 Å². The Hall–Kier alpha value is -2.52. The van der Waals surface area contributed by atoms with Crippen LogP contribution in [0.5, 0.6) is 11.5 Å². The number of amides is 1. The Labute approximate surface area is 238 Å². The first-order valence-corrected chi connectivity index (χ1v) is 15.2. The van der Waals surface area contributed by atoms with Gasteiger partial charge in [-0.05, 0) is 80.1 Å². The molecule has 204 valence electrons. The predicted molar refractivity (Wildman–Crippen MR) is 156 cm³/mol. The van der Waals surface area contributed by atoms with E-state index in [4.69, 9.17) is 9.47 Å². The molecule has 0 atom stereocenters. The predicted octanol–water partition coefficient (Wildman–Crippen LogP) is 7.69. The van der Waals surface area contributed by atoms with E-state index >= 15 is 0 Å². The number of aromatic nitrogens is 3. The second kappa shape index (κ2) is 13.5.